The zero-order valence-electron chi connectivity index (χ0n) is 23.7. The Bertz CT molecular complexity index is 1300. The van der Waals surface area contributed by atoms with Gasteiger partial charge in [0.2, 0.25) is 0 Å². The van der Waals surface area contributed by atoms with Gasteiger partial charge in [0.1, 0.15) is 18.1 Å². The van der Waals surface area contributed by atoms with E-state index in [-0.39, 0.29) is 5.97 Å². The molecular weight excluding hydrogens is 524 g/mol. The van der Waals surface area contributed by atoms with E-state index in [0.717, 1.165) is 78.6 Å². The number of fused-ring (bicyclic) bond motifs is 1. The highest BCUT2D eigenvalue weighted by molar-refractivity contribution is 6.30. The molecule has 0 spiro atoms. The molecule has 1 fully saturated rings. The number of nitrogens with zero attached hydrogens (tertiary/aromatic N) is 1. The molecule has 0 saturated carbocycles. The van der Waals surface area contributed by atoms with Crippen LogP contribution in [0.5, 0.6) is 11.5 Å². The maximum Gasteiger partial charge on any atom is 0.349 e. The number of likely N-dealkylation sites (tertiary alicyclic amines) is 1. The van der Waals surface area contributed by atoms with Gasteiger partial charge in [0.05, 0.1) is 12.3 Å². The lowest BCUT2D eigenvalue weighted by molar-refractivity contribution is -0.158. The number of dihydropyridines is 1. The topological polar surface area (TPSA) is 60.0 Å². The molecule has 0 aliphatic carbocycles. The van der Waals surface area contributed by atoms with Crippen molar-refractivity contribution < 1.29 is 19.0 Å². The number of allylic oxidation sites excluding steroid dienone is 3. The third kappa shape index (κ3) is 6.56. The lowest BCUT2D eigenvalue weighted by atomic mass is 9.89. The number of esters is 1. The van der Waals surface area contributed by atoms with Crippen LogP contribution in [-0.2, 0) is 9.53 Å². The normalized spacial score (nSPS) is 18.9. The minimum Gasteiger partial charge on any atom is -0.487 e. The molecule has 0 radical (unpaired) electrons. The van der Waals surface area contributed by atoms with Gasteiger partial charge in [-0.2, -0.15) is 0 Å². The molecule has 0 unspecified atom stereocenters. The van der Waals surface area contributed by atoms with Crippen molar-refractivity contribution in [1.82, 2.24) is 10.2 Å². The number of halogens is 1. The molecule has 2 aromatic rings. The summed E-state index contributed by atoms with van der Waals surface area (Å²) in [5.41, 5.74) is 4.62. The fourth-order valence-corrected chi connectivity index (χ4v) is 5.74. The van der Waals surface area contributed by atoms with Crippen molar-refractivity contribution >= 4 is 23.1 Å². The van der Waals surface area contributed by atoms with E-state index in [1.807, 2.05) is 30.3 Å². The van der Waals surface area contributed by atoms with Crippen molar-refractivity contribution in [3.8, 4) is 11.5 Å². The van der Waals surface area contributed by atoms with Gasteiger partial charge in [-0.15, -0.1) is 0 Å². The lowest BCUT2D eigenvalue weighted by Crippen LogP contribution is -2.39. The molecule has 0 aromatic heterocycles. The average Bonchev–Trinajstić information content (AvgIpc) is 3.10. The second-order valence-electron chi connectivity index (χ2n) is 11.0. The molecule has 212 valence electrons. The van der Waals surface area contributed by atoms with Crippen LogP contribution < -0.4 is 14.8 Å². The fraction of sp³-hybridized carbons (Fsp3) is 0.424. The molecule has 1 saturated heterocycles. The zero-order chi connectivity index (χ0) is 28.1. The third-order valence-corrected chi connectivity index (χ3v) is 8.06. The second-order valence-corrected chi connectivity index (χ2v) is 11.5. The van der Waals surface area contributed by atoms with Crippen LogP contribution in [0.1, 0.15) is 57.1 Å². The Morgan fingerprint density at radius 2 is 1.95 bits per heavy atom. The summed E-state index contributed by atoms with van der Waals surface area (Å²) < 4.78 is 17.6. The van der Waals surface area contributed by atoms with Crippen LogP contribution in [0.4, 0.5) is 0 Å². The predicted octanol–water partition coefficient (Wildman–Crippen LogP) is 6.52. The molecule has 40 heavy (non-hydrogen) atoms. The van der Waals surface area contributed by atoms with E-state index in [1.54, 1.807) is 20.8 Å². The van der Waals surface area contributed by atoms with E-state index < -0.39 is 5.60 Å². The highest BCUT2D eigenvalue weighted by Crippen LogP contribution is 2.40. The predicted molar refractivity (Wildman–Crippen MR) is 160 cm³/mol. The highest BCUT2D eigenvalue weighted by Gasteiger charge is 2.32. The minimum atomic E-state index is -1.10. The van der Waals surface area contributed by atoms with Gasteiger partial charge in [0.25, 0.3) is 0 Å². The Kier molecular flexibility index (Phi) is 8.87. The SMILES string of the molecule is CCOC(=O)C(C)(C)Oc1ccc2c(c1)C(=CCCN1CCC(c3ccc(Cl)cc3)CC1)C1=C(CO2)NCC=C1. The van der Waals surface area contributed by atoms with E-state index in [9.17, 15) is 4.79 Å². The van der Waals surface area contributed by atoms with E-state index in [0.29, 0.717) is 24.9 Å². The van der Waals surface area contributed by atoms with Crippen LogP contribution in [0.3, 0.4) is 0 Å². The first-order valence-electron chi connectivity index (χ1n) is 14.3. The molecular formula is C33H39ClN2O4. The molecule has 1 N–H and O–H groups in total. The van der Waals surface area contributed by atoms with Crippen LogP contribution in [0.15, 0.2) is 72.0 Å². The van der Waals surface area contributed by atoms with Crippen LogP contribution in [0.2, 0.25) is 5.02 Å². The fourth-order valence-electron chi connectivity index (χ4n) is 5.62. The average molecular weight is 563 g/mol. The van der Waals surface area contributed by atoms with Crippen molar-refractivity contribution in [3.05, 3.63) is 88.1 Å². The van der Waals surface area contributed by atoms with Crippen LogP contribution in [0, 0.1) is 0 Å². The van der Waals surface area contributed by atoms with Gasteiger partial charge in [-0.05, 0) is 101 Å². The monoisotopic (exact) mass is 562 g/mol. The van der Waals surface area contributed by atoms with Gasteiger partial charge in [0, 0.05) is 29.2 Å². The second kappa shape index (κ2) is 12.5. The summed E-state index contributed by atoms with van der Waals surface area (Å²) in [4.78, 5) is 15.0. The number of benzene rings is 2. The third-order valence-electron chi connectivity index (χ3n) is 7.81. The standard InChI is InChI=1S/C33H39ClN2O4/c1-4-38-32(37)33(2,3)40-26-13-14-31-29(21-26)27(28-7-5-17-35-30(28)22-39-31)8-6-18-36-19-15-24(16-20-36)23-9-11-25(34)12-10-23/h5,7-14,21,24,35H,4,6,15-20,22H2,1-3H3. The molecule has 6 nitrogen and oxygen atoms in total. The van der Waals surface area contributed by atoms with E-state index in [4.69, 9.17) is 25.8 Å². The Hall–Kier alpha value is -3.22. The number of carbonyl (C=O) groups is 1. The quantitative estimate of drug-likeness (QED) is 0.370. The Balaban J connectivity index is 1.32. The molecule has 0 atom stereocenters. The Morgan fingerprint density at radius 1 is 1.18 bits per heavy atom. The van der Waals surface area contributed by atoms with Crippen molar-refractivity contribution in [3.63, 3.8) is 0 Å². The van der Waals surface area contributed by atoms with E-state index >= 15 is 0 Å². The summed E-state index contributed by atoms with van der Waals surface area (Å²) in [6.45, 7) is 10.0. The number of piperidine rings is 1. The maximum atomic E-state index is 12.5. The lowest BCUT2D eigenvalue weighted by Gasteiger charge is -2.32. The molecule has 0 amide bonds. The number of rotatable bonds is 8. The molecule has 3 heterocycles. The Labute approximate surface area is 242 Å². The van der Waals surface area contributed by atoms with Gasteiger partial charge < -0.3 is 24.4 Å². The largest absolute Gasteiger partial charge is 0.487 e. The van der Waals surface area contributed by atoms with Gasteiger partial charge in [-0.3, -0.25) is 0 Å². The number of carbonyl (C=O) groups excluding carboxylic acids is 1. The molecule has 3 aliphatic heterocycles. The maximum absolute atomic E-state index is 12.5. The molecule has 0 bridgehead atoms. The molecule has 2 aromatic carbocycles. The highest BCUT2D eigenvalue weighted by atomic mass is 35.5. The minimum absolute atomic E-state index is 0.311. The number of nitrogens with one attached hydrogen (secondary N) is 1. The van der Waals surface area contributed by atoms with Crippen LogP contribution in [0.25, 0.3) is 5.57 Å². The van der Waals surface area contributed by atoms with Crippen molar-refractivity contribution in [2.45, 2.75) is 51.6 Å². The molecule has 5 rings (SSSR count). The summed E-state index contributed by atoms with van der Waals surface area (Å²) in [7, 11) is 0. The van der Waals surface area contributed by atoms with Gasteiger partial charge in [-0.1, -0.05) is 42.0 Å². The smallest absolute Gasteiger partial charge is 0.349 e. The van der Waals surface area contributed by atoms with Gasteiger partial charge in [-0.25, -0.2) is 4.79 Å². The number of ether oxygens (including phenoxy) is 3. The van der Waals surface area contributed by atoms with Crippen molar-refractivity contribution in [2.24, 2.45) is 0 Å². The molecule has 7 heteroatoms. The van der Waals surface area contributed by atoms with Crippen LogP contribution >= 0.6 is 11.6 Å². The van der Waals surface area contributed by atoms with E-state index in [1.165, 1.54) is 5.56 Å². The first-order chi connectivity index (χ1) is 19.3. The molecule has 3 aliphatic rings. The zero-order valence-corrected chi connectivity index (χ0v) is 24.4. The first kappa shape index (κ1) is 28.3. The van der Waals surface area contributed by atoms with Gasteiger partial charge in [0.15, 0.2) is 5.60 Å². The van der Waals surface area contributed by atoms with Crippen LogP contribution in [-0.4, -0.2) is 55.9 Å². The number of hydrogen-bond acceptors (Lipinski definition) is 6. The van der Waals surface area contributed by atoms with Crippen molar-refractivity contribution in [2.75, 3.05) is 39.4 Å². The van der Waals surface area contributed by atoms with Gasteiger partial charge >= 0.3 is 5.97 Å². The summed E-state index contributed by atoms with van der Waals surface area (Å²) in [5.74, 6) is 1.62. The Morgan fingerprint density at radius 3 is 2.70 bits per heavy atom. The summed E-state index contributed by atoms with van der Waals surface area (Å²) >= 11 is 6.08. The summed E-state index contributed by atoms with van der Waals surface area (Å²) in [6, 6.07) is 14.1. The first-order valence-corrected chi connectivity index (χ1v) is 14.7. The number of hydrogen-bond donors (Lipinski definition) is 1. The summed E-state index contributed by atoms with van der Waals surface area (Å²) in [6.07, 6.45) is 9.89. The van der Waals surface area contributed by atoms with Crippen molar-refractivity contribution in [1.29, 1.82) is 0 Å². The summed E-state index contributed by atoms with van der Waals surface area (Å²) in [5, 5.41) is 4.28. The van der Waals surface area contributed by atoms with E-state index in [2.05, 4.69) is 40.6 Å².